The molecule has 2 aromatic rings. The molecule has 108 valence electrons. The molecule has 0 aliphatic carbocycles. The molecule has 0 fully saturated rings. The predicted molar refractivity (Wildman–Crippen MR) is 84.1 cm³/mol. The van der Waals surface area contributed by atoms with Gasteiger partial charge in [0.15, 0.2) is 0 Å². The molecule has 1 atom stereocenters. The van der Waals surface area contributed by atoms with Crippen molar-refractivity contribution in [3.05, 3.63) is 51.8 Å². The fraction of sp³-hybridized carbons (Fsp3) is 0.438. The first-order valence-electron chi connectivity index (χ1n) is 6.96. The number of aryl methyl sites for hydroxylation is 2. The molecule has 1 heterocycles. The zero-order chi connectivity index (χ0) is 14.7. The van der Waals surface area contributed by atoms with Crippen LogP contribution in [0, 0.1) is 13.8 Å². The number of nitrogens with two attached hydrogens (primary N) is 1. The van der Waals surface area contributed by atoms with E-state index in [0.29, 0.717) is 0 Å². The van der Waals surface area contributed by atoms with Crippen LogP contribution < -0.4 is 5.73 Å². The summed E-state index contributed by atoms with van der Waals surface area (Å²) < 4.78 is 1.94. The van der Waals surface area contributed by atoms with E-state index in [1.807, 2.05) is 29.9 Å². The number of benzene rings is 1. The van der Waals surface area contributed by atoms with Gasteiger partial charge in [0, 0.05) is 23.8 Å². The van der Waals surface area contributed by atoms with E-state index < -0.39 is 0 Å². The molecule has 20 heavy (non-hydrogen) atoms. The Morgan fingerprint density at radius 2 is 2.10 bits per heavy atom. The molecule has 1 aromatic heterocycles. The molecule has 2 rings (SSSR count). The lowest BCUT2D eigenvalue weighted by Crippen LogP contribution is -2.23. The van der Waals surface area contributed by atoms with Crippen LogP contribution in [-0.2, 0) is 19.9 Å². The second kappa shape index (κ2) is 6.42. The first kappa shape index (κ1) is 15.1. The van der Waals surface area contributed by atoms with E-state index in [1.54, 1.807) is 0 Å². The van der Waals surface area contributed by atoms with E-state index in [1.165, 1.54) is 16.8 Å². The molecular formula is C16H22ClN3. The Balaban J connectivity index is 1.94. The molecule has 0 spiro atoms. The van der Waals surface area contributed by atoms with E-state index in [2.05, 4.69) is 25.0 Å². The number of nitrogens with zero attached hydrogens (tertiary/aromatic N) is 2. The Bertz CT molecular complexity index is 589. The third kappa shape index (κ3) is 3.62. The molecule has 0 radical (unpaired) electrons. The van der Waals surface area contributed by atoms with Crippen LogP contribution in [0.5, 0.6) is 0 Å². The Morgan fingerprint density at radius 3 is 2.70 bits per heavy atom. The standard InChI is InChI=1S/C16H22ClN3/c1-11-16(12(2)20(3)19-11)8-7-15(18)10-13-5-4-6-14(17)9-13/h4-6,9,15H,7-8,10,18H2,1-3H3. The predicted octanol–water partition coefficient (Wildman–Crippen LogP) is 3.19. The smallest absolute Gasteiger partial charge is 0.0628 e. The van der Waals surface area contributed by atoms with Crippen molar-refractivity contribution in [2.45, 2.75) is 39.2 Å². The summed E-state index contributed by atoms with van der Waals surface area (Å²) in [5.74, 6) is 0. The molecule has 0 bridgehead atoms. The van der Waals surface area contributed by atoms with Crippen LogP contribution in [0.15, 0.2) is 24.3 Å². The van der Waals surface area contributed by atoms with Gasteiger partial charge in [-0.2, -0.15) is 5.10 Å². The normalized spacial score (nSPS) is 12.7. The summed E-state index contributed by atoms with van der Waals surface area (Å²) in [4.78, 5) is 0. The second-order valence-corrected chi connectivity index (χ2v) is 5.84. The fourth-order valence-electron chi connectivity index (χ4n) is 2.58. The molecule has 0 saturated heterocycles. The maximum absolute atomic E-state index is 6.24. The maximum Gasteiger partial charge on any atom is 0.0628 e. The molecule has 1 aromatic carbocycles. The number of hydrogen-bond acceptors (Lipinski definition) is 2. The van der Waals surface area contributed by atoms with Crippen molar-refractivity contribution in [3.63, 3.8) is 0 Å². The lowest BCUT2D eigenvalue weighted by molar-refractivity contribution is 0.608. The van der Waals surface area contributed by atoms with Crippen LogP contribution in [0.25, 0.3) is 0 Å². The summed E-state index contributed by atoms with van der Waals surface area (Å²) in [5.41, 5.74) is 11.1. The van der Waals surface area contributed by atoms with E-state index in [4.69, 9.17) is 17.3 Å². The van der Waals surface area contributed by atoms with Gasteiger partial charge in [-0.1, -0.05) is 23.7 Å². The number of halogens is 1. The van der Waals surface area contributed by atoms with Crippen molar-refractivity contribution < 1.29 is 0 Å². The van der Waals surface area contributed by atoms with Crippen molar-refractivity contribution in [2.75, 3.05) is 0 Å². The fourth-order valence-corrected chi connectivity index (χ4v) is 2.79. The van der Waals surface area contributed by atoms with Crippen molar-refractivity contribution in [2.24, 2.45) is 12.8 Å². The van der Waals surface area contributed by atoms with Gasteiger partial charge < -0.3 is 5.73 Å². The van der Waals surface area contributed by atoms with Crippen LogP contribution in [0.1, 0.15) is 28.9 Å². The van der Waals surface area contributed by atoms with Crippen LogP contribution in [0.3, 0.4) is 0 Å². The minimum atomic E-state index is 0.146. The molecule has 0 aliphatic rings. The molecule has 0 amide bonds. The van der Waals surface area contributed by atoms with Crippen LogP contribution in [-0.4, -0.2) is 15.8 Å². The zero-order valence-electron chi connectivity index (χ0n) is 12.4. The van der Waals surface area contributed by atoms with E-state index in [-0.39, 0.29) is 6.04 Å². The average molecular weight is 292 g/mol. The summed E-state index contributed by atoms with van der Waals surface area (Å²) >= 11 is 5.99. The van der Waals surface area contributed by atoms with E-state index in [0.717, 1.165) is 30.0 Å². The summed E-state index contributed by atoms with van der Waals surface area (Å²) in [6, 6.07) is 8.07. The highest BCUT2D eigenvalue weighted by Gasteiger charge is 2.11. The first-order chi connectivity index (χ1) is 9.47. The van der Waals surface area contributed by atoms with Gasteiger partial charge in [-0.3, -0.25) is 4.68 Å². The number of hydrogen-bond donors (Lipinski definition) is 1. The minimum Gasteiger partial charge on any atom is -0.327 e. The zero-order valence-corrected chi connectivity index (χ0v) is 13.1. The van der Waals surface area contributed by atoms with Gasteiger partial charge in [0.1, 0.15) is 0 Å². The molecule has 0 saturated carbocycles. The molecule has 4 heteroatoms. The van der Waals surface area contributed by atoms with E-state index >= 15 is 0 Å². The molecule has 2 N–H and O–H groups in total. The van der Waals surface area contributed by atoms with Crippen molar-refractivity contribution in [3.8, 4) is 0 Å². The Hall–Kier alpha value is -1.32. The topological polar surface area (TPSA) is 43.8 Å². The molecule has 0 aliphatic heterocycles. The van der Waals surface area contributed by atoms with Crippen LogP contribution >= 0.6 is 11.6 Å². The minimum absolute atomic E-state index is 0.146. The third-order valence-corrected chi connectivity index (χ3v) is 4.05. The quantitative estimate of drug-likeness (QED) is 0.919. The first-order valence-corrected chi connectivity index (χ1v) is 7.34. The van der Waals surface area contributed by atoms with Crippen molar-refractivity contribution in [1.82, 2.24) is 9.78 Å². The lowest BCUT2D eigenvalue weighted by atomic mass is 9.99. The van der Waals surface area contributed by atoms with Gasteiger partial charge in [0.2, 0.25) is 0 Å². The highest BCUT2D eigenvalue weighted by molar-refractivity contribution is 6.30. The van der Waals surface area contributed by atoms with Crippen LogP contribution in [0.2, 0.25) is 5.02 Å². The molecular weight excluding hydrogens is 270 g/mol. The maximum atomic E-state index is 6.24. The summed E-state index contributed by atoms with van der Waals surface area (Å²) in [7, 11) is 1.98. The lowest BCUT2D eigenvalue weighted by Gasteiger charge is -2.12. The molecule has 1 unspecified atom stereocenters. The van der Waals surface area contributed by atoms with Gasteiger partial charge >= 0.3 is 0 Å². The second-order valence-electron chi connectivity index (χ2n) is 5.41. The number of rotatable bonds is 5. The molecule has 3 nitrogen and oxygen atoms in total. The monoisotopic (exact) mass is 291 g/mol. The highest BCUT2D eigenvalue weighted by Crippen LogP contribution is 2.17. The van der Waals surface area contributed by atoms with Gasteiger partial charge in [0.25, 0.3) is 0 Å². The Morgan fingerprint density at radius 1 is 1.35 bits per heavy atom. The summed E-state index contributed by atoms with van der Waals surface area (Å²) in [6.07, 6.45) is 2.80. The van der Waals surface area contributed by atoms with Crippen molar-refractivity contribution in [1.29, 1.82) is 0 Å². The van der Waals surface area contributed by atoms with Gasteiger partial charge in [-0.15, -0.1) is 0 Å². The Labute approximate surface area is 125 Å². The van der Waals surface area contributed by atoms with Gasteiger partial charge in [-0.05, 0) is 56.4 Å². The van der Waals surface area contributed by atoms with Crippen LogP contribution in [0.4, 0.5) is 0 Å². The van der Waals surface area contributed by atoms with E-state index in [9.17, 15) is 0 Å². The SMILES string of the molecule is Cc1nn(C)c(C)c1CCC(N)Cc1cccc(Cl)c1. The van der Waals surface area contributed by atoms with Crippen molar-refractivity contribution >= 4 is 11.6 Å². The number of aromatic nitrogens is 2. The third-order valence-electron chi connectivity index (χ3n) is 3.81. The van der Waals surface area contributed by atoms with Gasteiger partial charge in [-0.25, -0.2) is 0 Å². The Kier molecular flexibility index (Phi) is 4.84. The van der Waals surface area contributed by atoms with Gasteiger partial charge in [0.05, 0.1) is 5.69 Å². The highest BCUT2D eigenvalue weighted by atomic mass is 35.5. The largest absolute Gasteiger partial charge is 0.327 e. The average Bonchev–Trinajstić information content (AvgIpc) is 2.61. The summed E-state index contributed by atoms with van der Waals surface area (Å²) in [5, 5.41) is 5.21. The summed E-state index contributed by atoms with van der Waals surface area (Å²) in [6.45, 7) is 4.17.